The highest BCUT2D eigenvalue weighted by molar-refractivity contribution is 5.73. The normalized spacial score (nSPS) is 10.3. The van der Waals surface area contributed by atoms with Crippen molar-refractivity contribution in [3.8, 4) is 11.8 Å². The topological polar surface area (TPSA) is 58.0 Å². The lowest BCUT2D eigenvalue weighted by molar-refractivity contribution is 1.12. The van der Waals surface area contributed by atoms with Crippen molar-refractivity contribution in [3.63, 3.8) is 0 Å². The quantitative estimate of drug-likeness (QED) is 0.212. The van der Waals surface area contributed by atoms with Crippen LogP contribution in [0.5, 0.6) is 0 Å². The van der Waals surface area contributed by atoms with Crippen molar-refractivity contribution in [2.75, 3.05) is 9.80 Å². The molecule has 190 valence electrons. The number of benzene rings is 2. The average Bonchev–Trinajstić information content (AvgIpc) is 3.04. The summed E-state index contributed by atoms with van der Waals surface area (Å²) >= 11 is 0. The maximum atomic E-state index is 4.53. The van der Waals surface area contributed by atoms with Crippen molar-refractivity contribution in [2.24, 2.45) is 0 Å². The van der Waals surface area contributed by atoms with Gasteiger partial charge in [-0.3, -0.25) is 9.80 Å². The van der Waals surface area contributed by atoms with Crippen LogP contribution in [0.2, 0.25) is 0 Å². The Kier molecular flexibility index (Phi) is 7.19. The van der Waals surface area contributed by atoms with Crippen LogP contribution in [0.1, 0.15) is 11.1 Å². The van der Waals surface area contributed by atoms with Gasteiger partial charge in [-0.05, 0) is 97.1 Å². The van der Waals surface area contributed by atoms with Gasteiger partial charge in [-0.2, -0.15) is 0 Å². The van der Waals surface area contributed by atoms with Crippen LogP contribution in [0, 0.1) is 11.8 Å². The molecule has 0 saturated heterocycles. The molecule has 0 aliphatic heterocycles. The van der Waals surface area contributed by atoms with Gasteiger partial charge in [-0.1, -0.05) is 36.1 Å². The summed E-state index contributed by atoms with van der Waals surface area (Å²) < 4.78 is 0. The fourth-order valence-electron chi connectivity index (χ4n) is 4.24. The lowest BCUT2D eigenvalue weighted by Gasteiger charge is -2.22. The summed E-state index contributed by atoms with van der Waals surface area (Å²) in [4.78, 5) is 22.2. The molecular formula is C34H24N6. The van der Waals surface area contributed by atoms with Gasteiger partial charge < -0.3 is 0 Å². The highest BCUT2D eigenvalue weighted by Crippen LogP contribution is 2.32. The molecule has 0 spiro atoms. The second kappa shape index (κ2) is 11.7. The zero-order chi connectivity index (χ0) is 27.0. The van der Waals surface area contributed by atoms with Crippen LogP contribution in [0.3, 0.4) is 0 Å². The smallest absolute Gasteiger partial charge is 0.138 e. The molecule has 4 aromatic heterocycles. The zero-order valence-corrected chi connectivity index (χ0v) is 21.5. The first kappa shape index (κ1) is 24.5. The average molecular weight is 517 g/mol. The van der Waals surface area contributed by atoms with Gasteiger partial charge in [0.05, 0.1) is 0 Å². The minimum Gasteiger partial charge on any atom is -0.279 e. The van der Waals surface area contributed by atoms with E-state index in [4.69, 9.17) is 0 Å². The summed E-state index contributed by atoms with van der Waals surface area (Å²) in [5.41, 5.74) is 3.74. The molecule has 0 aliphatic carbocycles. The summed E-state index contributed by atoms with van der Waals surface area (Å²) in [5, 5.41) is 0. The Bertz CT molecular complexity index is 1500. The van der Waals surface area contributed by atoms with Gasteiger partial charge >= 0.3 is 0 Å². The Morgan fingerprint density at radius 3 is 0.900 bits per heavy atom. The summed E-state index contributed by atoms with van der Waals surface area (Å²) in [6.07, 6.45) is 7.12. The molecule has 0 amide bonds. The number of anilines is 6. The zero-order valence-electron chi connectivity index (χ0n) is 21.5. The molecule has 0 unspecified atom stereocenters. The number of nitrogens with zero attached hydrogens (tertiary/aromatic N) is 6. The molecule has 0 radical (unpaired) electrons. The summed E-state index contributed by atoms with van der Waals surface area (Å²) in [6, 6.07) is 39.5. The lowest BCUT2D eigenvalue weighted by Crippen LogP contribution is -2.12. The lowest BCUT2D eigenvalue weighted by atomic mass is 10.1. The molecule has 6 nitrogen and oxygen atoms in total. The largest absolute Gasteiger partial charge is 0.279 e. The van der Waals surface area contributed by atoms with Gasteiger partial charge in [0.1, 0.15) is 23.3 Å². The summed E-state index contributed by atoms with van der Waals surface area (Å²) in [6.45, 7) is 0. The third-order valence-corrected chi connectivity index (χ3v) is 6.12. The summed E-state index contributed by atoms with van der Waals surface area (Å²) in [7, 11) is 0. The molecular weight excluding hydrogens is 492 g/mol. The van der Waals surface area contributed by atoms with Gasteiger partial charge in [0.2, 0.25) is 0 Å². The number of aromatic nitrogens is 4. The van der Waals surface area contributed by atoms with Crippen LogP contribution < -0.4 is 9.80 Å². The highest BCUT2D eigenvalue weighted by atomic mass is 15.2. The van der Waals surface area contributed by atoms with Crippen molar-refractivity contribution in [2.45, 2.75) is 0 Å². The molecule has 6 rings (SSSR count). The summed E-state index contributed by atoms with van der Waals surface area (Å²) in [5.74, 6) is 9.75. The molecule has 40 heavy (non-hydrogen) atoms. The van der Waals surface area contributed by atoms with Crippen LogP contribution in [-0.2, 0) is 0 Å². The van der Waals surface area contributed by atoms with E-state index >= 15 is 0 Å². The van der Waals surface area contributed by atoms with Crippen molar-refractivity contribution in [3.05, 3.63) is 157 Å². The van der Waals surface area contributed by atoms with Crippen molar-refractivity contribution >= 4 is 34.6 Å². The minimum absolute atomic E-state index is 0.797. The molecule has 6 heteroatoms. The van der Waals surface area contributed by atoms with Crippen LogP contribution in [0.15, 0.2) is 146 Å². The predicted octanol–water partition coefficient (Wildman–Crippen LogP) is 7.61. The molecule has 0 fully saturated rings. The van der Waals surface area contributed by atoms with Crippen LogP contribution >= 0.6 is 0 Å². The third-order valence-electron chi connectivity index (χ3n) is 6.12. The molecule has 0 saturated carbocycles. The SMILES string of the molecule is C(#Cc1ccc(N(c2ccccn2)c2ccccn2)cc1)c1ccc(N(c2ccccn2)c2ccccn2)cc1. The van der Waals surface area contributed by atoms with E-state index in [1.165, 1.54) is 0 Å². The Morgan fingerprint density at radius 2 is 0.650 bits per heavy atom. The van der Waals surface area contributed by atoms with Crippen LogP contribution in [-0.4, -0.2) is 19.9 Å². The Labute approximate surface area is 233 Å². The maximum absolute atomic E-state index is 4.53. The number of rotatable bonds is 6. The molecule has 0 aliphatic rings. The second-order valence-electron chi connectivity index (χ2n) is 8.77. The van der Waals surface area contributed by atoms with E-state index in [9.17, 15) is 0 Å². The van der Waals surface area contributed by atoms with Gasteiger partial charge in [0.25, 0.3) is 0 Å². The Morgan fingerprint density at radius 1 is 0.350 bits per heavy atom. The molecule has 4 heterocycles. The van der Waals surface area contributed by atoms with E-state index in [1.807, 2.05) is 131 Å². The Hall–Kier alpha value is -5.80. The second-order valence-corrected chi connectivity index (χ2v) is 8.77. The van der Waals surface area contributed by atoms with Gasteiger partial charge in [-0.25, -0.2) is 19.9 Å². The minimum atomic E-state index is 0.797. The molecule has 0 N–H and O–H groups in total. The monoisotopic (exact) mass is 516 g/mol. The first-order valence-electron chi connectivity index (χ1n) is 12.8. The van der Waals surface area contributed by atoms with Gasteiger partial charge in [0.15, 0.2) is 0 Å². The van der Waals surface area contributed by atoms with Gasteiger partial charge in [0, 0.05) is 47.3 Å². The van der Waals surface area contributed by atoms with Crippen molar-refractivity contribution in [1.82, 2.24) is 19.9 Å². The fourth-order valence-corrected chi connectivity index (χ4v) is 4.24. The first-order valence-corrected chi connectivity index (χ1v) is 12.8. The highest BCUT2D eigenvalue weighted by Gasteiger charge is 2.15. The standard InChI is InChI=1S/C34H24N6/c1-5-23-35-31(9-1)39(32-10-2-6-24-36-32)29-19-15-27(16-20-29)13-14-28-17-21-30(22-18-28)40(33-11-3-7-25-37-33)34-12-4-8-26-38-34/h1-12,15-26H. The molecule has 0 atom stereocenters. The van der Waals surface area contributed by atoms with E-state index in [1.54, 1.807) is 24.8 Å². The van der Waals surface area contributed by atoms with Crippen LogP contribution in [0.25, 0.3) is 0 Å². The number of pyridine rings is 4. The van der Waals surface area contributed by atoms with Gasteiger partial charge in [-0.15, -0.1) is 0 Å². The molecule has 2 aromatic carbocycles. The predicted molar refractivity (Wildman–Crippen MR) is 159 cm³/mol. The fraction of sp³-hybridized carbons (Fsp3) is 0. The number of hydrogen-bond donors (Lipinski definition) is 0. The van der Waals surface area contributed by atoms with E-state index in [-0.39, 0.29) is 0 Å². The van der Waals surface area contributed by atoms with Crippen molar-refractivity contribution < 1.29 is 0 Å². The van der Waals surface area contributed by atoms with E-state index in [0.717, 1.165) is 45.8 Å². The number of hydrogen-bond acceptors (Lipinski definition) is 6. The first-order chi connectivity index (χ1) is 19.8. The van der Waals surface area contributed by atoms with E-state index in [0.29, 0.717) is 0 Å². The molecule has 6 aromatic rings. The van der Waals surface area contributed by atoms with Crippen molar-refractivity contribution in [1.29, 1.82) is 0 Å². The maximum Gasteiger partial charge on any atom is 0.138 e. The van der Waals surface area contributed by atoms with E-state index in [2.05, 4.69) is 31.8 Å². The third kappa shape index (κ3) is 5.54. The van der Waals surface area contributed by atoms with Crippen LogP contribution in [0.4, 0.5) is 34.6 Å². The van der Waals surface area contributed by atoms with E-state index < -0.39 is 0 Å². The Balaban J connectivity index is 1.24. The molecule has 0 bridgehead atoms.